The van der Waals surface area contributed by atoms with Gasteiger partial charge in [0.2, 0.25) is 5.83 Å². The van der Waals surface area contributed by atoms with Crippen molar-refractivity contribution in [3.8, 4) is 0 Å². The third-order valence-corrected chi connectivity index (χ3v) is 5.91. The number of carbonyl (C=O) groups is 4. The summed E-state index contributed by atoms with van der Waals surface area (Å²) in [6.07, 6.45) is 1.35. The minimum absolute atomic E-state index is 0.142. The number of nitrogens with zero attached hydrogens (tertiary/aromatic N) is 2. The minimum atomic E-state index is -0.923. The van der Waals surface area contributed by atoms with Gasteiger partial charge in [-0.1, -0.05) is 5.57 Å². The van der Waals surface area contributed by atoms with Crippen molar-refractivity contribution < 1.29 is 42.5 Å². The van der Waals surface area contributed by atoms with Gasteiger partial charge in [0.1, 0.15) is 11.2 Å². The van der Waals surface area contributed by atoms with Gasteiger partial charge in [0, 0.05) is 31.8 Å². The van der Waals surface area contributed by atoms with Gasteiger partial charge in [0.05, 0.1) is 13.2 Å². The van der Waals surface area contributed by atoms with Crippen LogP contribution in [0.25, 0.3) is 0 Å². The van der Waals surface area contributed by atoms with Crippen LogP contribution in [-0.4, -0.2) is 84.5 Å². The SMILES string of the molecule is CCOC(=O)C(C)=C1CCN(C(=O)OC(C)(C)C)CC1.CCOC(=O)C(F)=C1CCN(C(=O)OC(C)(C)C)CC1. The summed E-state index contributed by atoms with van der Waals surface area (Å²) < 4.78 is 33.9. The van der Waals surface area contributed by atoms with Crippen LogP contribution in [-0.2, 0) is 28.5 Å². The molecule has 0 saturated carbocycles. The van der Waals surface area contributed by atoms with Crippen LogP contribution in [0.2, 0.25) is 0 Å². The molecule has 0 unspecified atom stereocenters. The summed E-state index contributed by atoms with van der Waals surface area (Å²) in [4.78, 5) is 49.9. The number of rotatable bonds is 4. The Morgan fingerprint density at radius 1 is 0.675 bits per heavy atom. The Kier molecular flexibility index (Phi) is 13.6. The third-order valence-electron chi connectivity index (χ3n) is 5.91. The van der Waals surface area contributed by atoms with E-state index in [0.29, 0.717) is 69.6 Å². The molecule has 2 aliphatic heterocycles. The molecule has 0 aromatic rings. The molecule has 0 bridgehead atoms. The molecule has 11 heteroatoms. The zero-order valence-corrected chi connectivity index (χ0v) is 25.6. The molecule has 2 amide bonds. The molecule has 40 heavy (non-hydrogen) atoms. The third kappa shape index (κ3) is 12.4. The largest absolute Gasteiger partial charge is 0.463 e. The van der Waals surface area contributed by atoms with E-state index in [1.54, 1.807) is 46.4 Å². The van der Waals surface area contributed by atoms with Gasteiger partial charge in [-0.25, -0.2) is 19.2 Å². The minimum Gasteiger partial charge on any atom is -0.463 e. The molecule has 2 heterocycles. The molecule has 2 saturated heterocycles. The Bertz CT molecular complexity index is 877. The predicted octanol–water partition coefficient (Wildman–Crippen LogP) is 5.70. The quantitative estimate of drug-likeness (QED) is 0.240. The van der Waals surface area contributed by atoms with Crippen molar-refractivity contribution in [2.45, 2.75) is 99.2 Å². The van der Waals surface area contributed by atoms with Gasteiger partial charge in [-0.15, -0.1) is 0 Å². The molecule has 10 nitrogen and oxygen atoms in total. The molecule has 0 atom stereocenters. The van der Waals surface area contributed by atoms with E-state index in [9.17, 15) is 23.6 Å². The highest BCUT2D eigenvalue weighted by atomic mass is 19.1. The summed E-state index contributed by atoms with van der Waals surface area (Å²) in [5, 5.41) is 0. The normalized spacial score (nSPS) is 15.8. The van der Waals surface area contributed by atoms with Crippen LogP contribution >= 0.6 is 0 Å². The maximum Gasteiger partial charge on any atom is 0.410 e. The average molecular weight is 571 g/mol. The van der Waals surface area contributed by atoms with E-state index in [-0.39, 0.29) is 18.7 Å². The summed E-state index contributed by atoms with van der Waals surface area (Å²) in [7, 11) is 0. The van der Waals surface area contributed by atoms with E-state index in [2.05, 4.69) is 4.74 Å². The van der Waals surface area contributed by atoms with E-state index in [1.807, 2.05) is 20.8 Å². The molecular formula is C29H47FN2O8. The first-order valence-electron chi connectivity index (χ1n) is 13.8. The topological polar surface area (TPSA) is 112 Å². The monoisotopic (exact) mass is 570 g/mol. The highest BCUT2D eigenvalue weighted by Gasteiger charge is 2.28. The van der Waals surface area contributed by atoms with Crippen molar-refractivity contribution >= 4 is 24.1 Å². The van der Waals surface area contributed by atoms with E-state index >= 15 is 0 Å². The van der Waals surface area contributed by atoms with Gasteiger partial charge in [0.25, 0.3) is 0 Å². The van der Waals surface area contributed by atoms with Gasteiger partial charge < -0.3 is 28.7 Å². The van der Waals surface area contributed by atoms with Gasteiger partial charge in [-0.2, -0.15) is 4.39 Å². The van der Waals surface area contributed by atoms with E-state index in [1.165, 1.54) is 4.90 Å². The molecule has 0 aromatic carbocycles. The molecule has 0 aliphatic carbocycles. The van der Waals surface area contributed by atoms with Crippen LogP contribution in [0.1, 0.15) is 88.0 Å². The Morgan fingerprint density at radius 2 is 1.02 bits per heavy atom. The van der Waals surface area contributed by atoms with Crippen molar-refractivity contribution in [1.29, 1.82) is 0 Å². The Morgan fingerprint density at radius 3 is 1.38 bits per heavy atom. The van der Waals surface area contributed by atoms with Crippen LogP contribution in [0, 0.1) is 0 Å². The second kappa shape index (κ2) is 15.6. The molecule has 0 radical (unpaired) electrons. The number of hydrogen-bond acceptors (Lipinski definition) is 8. The second-order valence-corrected chi connectivity index (χ2v) is 11.5. The number of halogens is 1. The summed E-state index contributed by atoms with van der Waals surface area (Å²) in [5.74, 6) is -2.00. The molecule has 0 aromatic heterocycles. The zero-order valence-electron chi connectivity index (χ0n) is 25.6. The van der Waals surface area contributed by atoms with Crippen LogP contribution < -0.4 is 0 Å². The van der Waals surface area contributed by atoms with E-state index in [4.69, 9.17) is 14.2 Å². The van der Waals surface area contributed by atoms with Crippen LogP contribution in [0.5, 0.6) is 0 Å². The Hall–Kier alpha value is -3.11. The number of piperidine rings is 2. The predicted molar refractivity (Wildman–Crippen MR) is 148 cm³/mol. The van der Waals surface area contributed by atoms with Crippen molar-refractivity contribution in [1.82, 2.24) is 9.80 Å². The van der Waals surface area contributed by atoms with Crippen LogP contribution in [0.3, 0.4) is 0 Å². The summed E-state index contributed by atoms with van der Waals surface area (Å²) in [6.45, 7) is 18.5. The summed E-state index contributed by atoms with van der Waals surface area (Å²) in [6, 6.07) is 0. The van der Waals surface area contributed by atoms with Crippen molar-refractivity contribution in [2.24, 2.45) is 0 Å². The number of likely N-dealkylation sites (tertiary alicyclic amines) is 2. The highest BCUT2D eigenvalue weighted by Crippen LogP contribution is 2.24. The number of esters is 2. The molecule has 228 valence electrons. The fraction of sp³-hybridized carbons (Fsp3) is 0.724. The average Bonchev–Trinajstić information content (AvgIpc) is 2.86. The van der Waals surface area contributed by atoms with Gasteiger partial charge >= 0.3 is 24.1 Å². The smallest absolute Gasteiger partial charge is 0.410 e. The fourth-order valence-corrected chi connectivity index (χ4v) is 3.89. The van der Waals surface area contributed by atoms with E-state index < -0.39 is 29.1 Å². The first-order valence-corrected chi connectivity index (χ1v) is 13.8. The lowest BCUT2D eigenvalue weighted by Crippen LogP contribution is -2.40. The van der Waals surface area contributed by atoms with E-state index in [0.717, 1.165) is 5.57 Å². The number of ether oxygens (including phenoxy) is 4. The zero-order chi connectivity index (χ0) is 30.7. The van der Waals surface area contributed by atoms with Gasteiger partial charge in [-0.3, -0.25) is 0 Å². The fourth-order valence-electron chi connectivity index (χ4n) is 3.89. The summed E-state index contributed by atoms with van der Waals surface area (Å²) in [5.41, 5.74) is 1.12. The van der Waals surface area contributed by atoms with Crippen molar-refractivity contribution in [3.63, 3.8) is 0 Å². The number of carbonyl (C=O) groups excluding carboxylic acids is 4. The summed E-state index contributed by atoms with van der Waals surface area (Å²) >= 11 is 0. The maximum absolute atomic E-state index is 13.7. The van der Waals surface area contributed by atoms with Crippen LogP contribution in [0.4, 0.5) is 14.0 Å². The standard InChI is InChI=1S/C15H25NO4.C14H22FNO4/c1-6-19-13(17)11(2)12-7-9-16(10-8-12)14(18)20-15(3,4)5;1-5-19-12(17)11(15)10-6-8-16(9-7-10)13(18)20-14(2,3)4/h6-10H2,1-5H3;5-9H2,1-4H3. The number of amides is 2. The Balaban J connectivity index is 0.000000400. The molecule has 2 fully saturated rings. The lowest BCUT2D eigenvalue weighted by atomic mass is 9.99. The molecule has 0 spiro atoms. The van der Waals surface area contributed by atoms with Crippen molar-refractivity contribution in [2.75, 3.05) is 39.4 Å². The molecule has 2 rings (SSSR count). The molecule has 0 N–H and O–H groups in total. The van der Waals surface area contributed by atoms with Crippen LogP contribution in [0.15, 0.2) is 22.5 Å². The maximum atomic E-state index is 13.7. The highest BCUT2D eigenvalue weighted by molar-refractivity contribution is 5.88. The Labute approximate surface area is 237 Å². The van der Waals surface area contributed by atoms with Gasteiger partial charge in [0.15, 0.2) is 0 Å². The first kappa shape index (κ1) is 34.9. The molecule has 2 aliphatic rings. The van der Waals surface area contributed by atoms with Gasteiger partial charge in [-0.05, 0) is 93.6 Å². The second-order valence-electron chi connectivity index (χ2n) is 11.5. The lowest BCUT2D eigenvalue weighted by Gasteiger charge is -2.31. The first-order chi connectivity index (χ1) is 18.5. The number of hydrogen-bond donors (Lipinski definition) is 0. The molecular weight excluding hydrogens is 523 g/mol. The van der Waals surface area contributed by atoms with Crippen molar-refractivity contribution in [3.05, 3.63) is 22.5 Å². The lowest BCUT2D eigenvalue weighted by molar-refractivity contribution is -0.140.